The second-order valence-corrected chi connectivity index (χ2v) is 6.13. The standard InChI is InChI=1S/C18H27NO2/c1-3-21-18(20)17(16-11-7-8-14(2)12-16)19-13-15-9-5-4-6-10-15/h4-6,9-10,14,16-17,19H,3,7-8,11-13H2,1-2H3. The van der Waals surface area contributed by atoms with E-state index < -0.39 is 0 Å². The molecule has 0 radical (unpaired) electrons. The minimum atomic E-state index is -0.173. The lowest BCUT2D eigenvalue weighted by Crippen LogP contribution is -2.45. The SMILES string of the molecule is CCOC(=O)C(NCc1ccccc1)C1CCCC(C)C1. The maximum Gasteiger partial charge on any atom is 0.323 e. The van der Waals surface area contributed by atoms with Crippen LogP contribution in [-0.4, -0.2) is 18.6 Å². The lowest BCUT2D eigenvalue weighted by atomic mass is 9.78. The van der Waals surface area contributed by atoms with Gasteiger partial charge in [-0.25, -0.2) is 0 Å². The molecule has 1 N–H and O–H groups in total. The van der Waals surface area contributed by atoms with E-state index in [2.05, 4.69) is 24.4 Å². The lowest BCUT2D eigenvalue weighted by molar-refractivity contribution is -0.147. The van der Waals surface area contributed by atoms with Crippen LogP contribution < -0.4 is 5.32 Å². The van der Waals surface area contributed by atoms with E-state index in [0.717, 1.165) is 19.4 Å². The van der Waals surface area contributed by atoms with Crippen molar-refractivity contribution in [2.45, 2.75) is 52.1 Å². The van der Waals surface area contributed by atoms with Gasteiger partial charge < -0.3 is 10.1 Å². The molecule has 0 aliphatic heterocycles. The predicted molar refractivity (Wildman–Crippen MR) is 84.8 cm³/mol. The van der Waals surface area contributed by atoms with Gasteiger partial charge in [0.15, 0.2) is 0 Å². The maximum atomic E-state index is 12.3. The number of nitrogens with one attached hydrogen (secondary N) is 1. The van der Waals surface area contributed by atoms with Crippen LogP contribution in [-0.2, 0) is 16.1 Å². The van der Waals surface area contributed by atoms with Crippen molar-refractivity contribution in [2.24, 2.45) is 11.8 Å². The molecule has 3 nitrogen and oxygen atoms in total. The summed E-state index contributed by atoms with van der Waals surface area (Å²) in [6, 6.07) is 10.1. The van der Waals surface area contributed by atoms with E-state index >= 15 is 0 Å². The van der Waals surface area contributed by atoms with Gasteiger partial charge in [0.25, 0.3) is 0 Å². The van der Waals surface area contributed by atoms with Gasteiger partial charge in [0, 0.05) is 6.54 Å². The van der Waals surface area contributed by atoms with Crippen LogP contribution in [0.2, 0.25) is 0 Å². The van der Waals surface area contributed by atoms with Crippen LogP contribution in [0.25, 0.3) is 0 Å². The molecule has 3 unspecified atom stereocenters. The van der Waals surface area contributed by atoms with Gasteiger partial charge in [0.2, 0.25) is 0 Å². The zero-order chi connectivity index (χ0) is 15.1. The smallest absolute Gasteiger partial charge is 0.323 e. The predicted octanol–water partition coefficient (Wildman–Crippen LogP) is 3.53. The van der Waals surface area contributed by atoms with Crippen molar-refractivity contribution in [3.05, 3.63) is 35.9 Å². The zero-order valence-corrected chi connectivity index (χ0v) is 13.2. The largest absolute Gasteiger partial charge is 0.465 e. The Morgan fingerprint density at radius 3 is 2.76 bits per heavy atom. The Morgan fingerprint density at radius 2 is 2.10 bits per heavy atom. The normalized spacial score (nSPS) is 23.5. The molecule has 0 saturated heterocycles. The van der Waals surface area contributed by atoms with Crippen molar-refractivity contribution in [1.29, 1.82) is 0 Å². The lowest BCUT2D eigenvalue weighted by Gasteiger charge is -2.32. The third-order valence-corrected chi connectivity index (χ3v) is 4.36. The van der Waals surface area contributed by atoms with E-state index in [4.69, 9.17) is 4.74 Å². The first-order chi connectivity index (χ1) is 10.2. The van der Waals surface area contributed by atoms with Gasteiger partial charge in [-0.2, -0.15) is 0 Å². The molecule has 0 spiro atoms. The van der Waals surface area contributed by atoms with Crippen LogP contribution in [0.3, 0.4) is 0 Å². The Hall–Kier alpha value is -1.35. The second-order valence-electron chi connectivity index (χ2n) is 6.13. The summed E-state index contributed by atoms with van der Waals surface area (Å²) in [5, 5.41) is 3.44. The molecule has 1 aromatic rings. The molecule has 116 valence electrons. The van der Waals surface area contributed by atoms with Gasteiger partial charge in [0.05, 0.1) is 6.61 Å². The summed E-state index contributed by atoms with van der Waals surface area (Å²) in [7, 11) is 0. The molecule has 1 saturated carbocycles. The highest BCUT2D eigenvalue weighted by molar-refractivity contribution is 5.76. The van der Waals surface area contributed by atoms with Crippen LogP contribution in [0.15, 0.2) is 30.3 Å². The summed E-state index contributed by atoms with van der Waals surface area (Å²) in [6.45, 7) is 5.32. The summed E-state index contributed by atoms with van der Waals surface area (Å²) in [5.41, 5.74) is 1.20. The molecule has 21 heavy (non-hydrogen) atoms. The van der Waals surface area contributed by atoms with Gasteiger partial charge in [-0.3, -0.25) is 4.79 Å². The molecule has 0 heterocycles. The second kappa shape index (κ2) is 8.18. The van der Waals surface area contributed by atoms with Gasteiger partial charge >= 0.3 is 5.97 Å². The quantitative estimate of drug-likeness (QED) is 0.814. The van der Waals surface area contributed by atoms with E-state index in [1.54, 1.807) is 0 Å². The Labute approximate surface area is 128 Å². The van der Waals surface area contributed by atoms with Crippen molar-refractivity contribution < 1.29 is 9.53 Å². The number of rotatable bonds is 6. The van der Waals surface area contributed by atoms with Crippen LogP contribution >= 0.6 is 0 Å². The fourth-order valence-electron chi connectivity index (χ4n) is 3.28. The number of carbonyl (C=O) groups excluding carboxylic acids is 1. The fraction of sp³-hybridized carbons (Fsp3) is 0.611. The van der Waals surface area contributed by atoms with Crippen molar-refractivity contribution in [3.8, 4) is 0 Å². The molecule has 1 aliphatic rings. The molecular formula is C18H27NO2. The minimum absolute atomic E-state index is 0.0902. The van der Waals surface area contributed by atoms with E-state index in [1.807, 2.05) is 25.1 Å². The van der Waals surface area contributed by atoms with Gasteiger partial charge in [-0.05, 0) is 37.2 Å². The average molecular weight is 289 g/mol. The zero-order valence-electron chi connectivity index (χ0n) is 13.2. The van der Waals surface area contributed by atoms with Crippen molar-refractivity contribution in [2.75, 3.05) is 6.61 Å². The summed E-state index contributed by atoms with van der Waals surface area (Å²) >= 11 is 0. The molecule has 0 aromatic heterocycles. The Balaban J connectivity index is 1.99. The molecule has 1 aliphatic carbocycles. The summed E-state index contributed by atoms with van der Waals surface area (Å²) in [6.07, 6.45) is 4.74. The van der Waals surface area contributed by atoms with Gasteiger partial charge in [0.1, 0.15) is 6.04 Å². The van der Waals surface area contributed by atoms with Crippen LogP contribution in [0.4, 0.5) is 0 Å². The molecule has 3 atom stereocenters. The summed E-state index contributed by atoms with van der Waals surface area (Å²) in [5.74, 6) is 1.02. The fourth-order valence-corrected chi connectivity index (χ4v) is 3.28. The first kappa shape index (κ1) is 16.0. The molecule has 2 rings (SSSR count). The Bertz CT molecular complexity index is 432. The maximum absolute atomic E-state index is 12.3. The molecule has 1 aromatic carbocycles. The van der Waals surface area contributed by atoms with Crippen molar-refractivity contribution >= 4 is 5.97 Å². The first-order valence-electron chi connectivity index (χ1n) is 8.14. The van der Waals surface area contributed by atoms with Gasteiger partial charge in [-0.15, -0.1) is 0 Å². The van der Waals surface area contributed by atoms with Crippen molar-refractivity contribution in [3.63, 3.8) is 0 Å². The Morgan fingerprint density at radius 1 is 1.33 bits per heavy atom. The van der Waals surface area contributed by atoms with Gasteiger partial charge in [-0.1, -0.05) is 50.1 Å². The first-order valence-corrected chi connectivity index (χ1v) is 8.14. The third-order valence-electron chi connectivity index (χ3n) is 4.36. The van der Waals surface area contributed by atoms with E-state index in [0.29, 0.717) is 18.4 Å². The molecular weight excluding hydrogens is 262 g/mol. The monoisotopic (exact) mass is 289 g/mol. The molecule has 0 bridgehead atoms. The number of benzene rings is 1. The number of hydrogen-bond donors (Lipinski definition) is 1. The molecule has 0 amide bonds. The van der Waals surface area contributed by atoms with Crippen molar-refractivity contribution in [1.82, 2.24) is 5.32 Å². The van der Waals surface area contributed by atoms with Crippen LogP contribution in [0.5, 0.6) is 0 Å². The van der Waals surface area contributed by atoms with Crippen LogP contribution in [0.1, 0.15) is 45.1 Å². The number of esters is 1. The Kier molecular flexibility index (Phi) is 6.24. The highest BCUT2D eigenvalue weighted by Gasteiger charge is 2.32. The number of hydrogen-bond acceptors (Lipinski definition) is 3. The van der Waals surface area contributed by atoms with Crippen LogP contribution in [0, 0.1) is 11.8 Å². The van der Waals surface area contributed by atoms with E-state index in [-0.39, 0.29) is 12.0 Å². The third kappa shape index (κ3) is 4.85. The summed E-state index contributed by atoms with van der Waals surface area (Å²) < 4.78 is 5.28. The summed E-state index contributed by atoms with van der Waals surface area (Å²) in [4.78, 5) is 12.3. The number of carbonyl (C=O) groups is 1. The average Bonchev–Trinajstić information content (AvgIpc) is 2.49. The molecule has 3 heteroatoms. The highest BCUT2D eigenvalue weighted by Crippen LogP contribution is 2.31. The molecule has 1 fully saturated rings. The highest BCUT2D eigenvalue weighted by atomic mass is 16.5. The van der Waals surface area contributed by atoms with E-state index in [9.17, 15) is 4.79 Å². The van der Waals surface area contributed by atoms with E-state index in [1.165, 1.54) is 18.4 Å². The topological polar surface area (TPSA) is 38.3 Å². The minimum Gasteiger partial charge on any atom is -0.465 e. The number of ether oxygens (including phenoxy) is 1.